The summed E-state index contributed by atoms with van der Waals surface area (Å²) in [5, 5.41) is 11.6. The largest absolute Gasteiger partial charge is 0.494 e. The highest BCUT2D eigenvalue weighted by molar-refractivity contribution is 5.83. The van der Waals surface area contributed by atoms with Gasteiger partial charge in [0, 0.05) is 6.42 Å². The van der Waals surface area contributed by atoms with Crippen molar-refractivity contribution in [3.8, 4) is 5.75 Å². The van der Waals surface area contributed by atoms with Crippen LogP contribution in [0.2, 0.25) is 0 Å². The molecule has 0 aliphatic carbocycles. The Morgan fingerprint density at radius 2 is 2.05 bits per heavy atom. The number of hydrogen-bond donors (Lipinski definition) is 2. The van der Waals surface area contributed by atoms with Crippen molar-refractivity contribution in [3.63, 3.8) is 0 Å². The van der Waals surface area contributed by atoms with Gasteiger partial charge in [0.25, 0.3) is 0 Å². The molecule has 0 bridgehead atoms. The zero-order chi connectivity index (χ0) is 16.7. The Balaban J connectivity index is 2.54. The first-order valence-electron chi connectivity index (χ1n) is 7.18. The number of aliphatic carboxylic acids is 1. The van der Waals surface area contributed by atoms with Crippen LogP contribution in [0.25, 0.3) is 0 Å². The molecule has 0 aliphatic rings. The van der Waals surface area contributed by atoms with E-state index in [4.69, 9.17) is 9.84 Å². The summed E-state index contributed by atoms with van der Waals surface area (Å²) in [6, 6.07) is 3.61. The highest BCUT2D eigenvalue weighted by Gasteiger charge is 2.20. The van der Waals surface area contributed by atoms with E-state index in [1.165, 1.54) is 19.2 Å². The lowest BCUT2D eigenvalue weighted by atomic mass is 10.0. The Labute approximate surface area is 129 Å². The van der Waals surface area contributed by atoms with Gasteiger partial charge in [-0.1, -0.05) is 19.9 Å². The first-order valence-corrected chi connectivity index (χ1v) is 7.18. The van der Waals surface area contributed by atoms with E-state index in [0.717, 1.165) is 0 Å². The summed E-state index contributed by atoms with van der Waals surface area (Å²) in [4.78, 5) is 22.9. The Bertz CT molecular complexity index is 531. The molecule has 1 rings (SSSR count). The Hall–Kier alpha value is -2.11. The second-order valence-corrected chi connectivity index (χ2v) is 5.56. The number of halogens is 1. The van der Waals surface area contributed by atoms with Crippen LogP contribution in [0, 0.1) is 11.7 Å². The molecule has 1 atom stereocenters. The number of amides is 1. The van der Waals surface area contributed by atoms with Crippen molar-refractivity contribution < 1.29 is 23.8 Å². The molecule has 1 aromatic carbocycles. The van der Waals surface area contributed by atoms with Crippen LogP contribution in [-0.2, 0) is 16.0 Å². The van der Waals surface area contributed by atoms with Crippen molar-refractivity contribution in [3.05, 3.63) is 29.6 Å². The van der Waals surface area contributed by atoms with E-state index in [-0.39, 0.29) is 24.0 Å². The summed E-state index contributed by atoms with van der Waals surface area (Å²) in [7, 11) is 1.38. The van der Waals surface area contributed by atoms with E-state index in [2.05, 4.69) is 5.32 Å². The van der Waals surface area contributed by atoms with Gasteiger partial charge < -0.3 is 15.2 Å². The Morgan fingerprint density at radius 3 is 2.55 bits per heavy atom. The van der Waals surface area contributed by atoms with E-state index in [1.54, 1.807) is 6.07 Å². The third-order valence-corrected chi connectivity index (χ3v) is 3.20. The third kappa shape index (κ3) is 5.71. The predicted octanol–water partition coefficient (Wildman–Crippen LogP) is 2.38. The summed E-state index contributed by atoms with van der Waals surface area (Å²) in [5.74, 6) is -1.57. The molecule has 0 radical (unpaired) electrons. The number of carbonyl (C=O) groups excluding carboxylic acids is 1. The molecule has 0 saturated carbocycles. The number of ether oxygens (including phenoxy) is 1. The van der Waals surface area contributed by atoms with Gasteiger partial charge in [0.2, 0.25) is 5.91 Å². The molecule has 0 heterocycles. The lowest BCUT2D eigenvalue weighted by Gasteiger charge is -2.16. The second-order valence-electron chi connectivity index (χ2n) is 5.56. The minimum Gasteiger partial charge on any atom is -0.494 e. The number of carboxylic acid groups (broad SMARTS) is 1. The maximum absolute atomic E-state index is 13.5. The van der Waals surface area contributed by atoms with E-state index in [9.17, 15) is 14.0 Å². The van der Waals surface area contributed by atoms with Crippen molar-refractivity contribution in [1.82, 2.24) is 5.32 Å². The number of rotatable bonds is 8. The average Bonchev–Trinajstić information content (AvgIpc) is 2.44. The van der Waals surface area contributed by atoms with Gasteiger partial charge >= 0.3 is 5.97 Å². The molecule has 1 amide bonds. The highest BCUT2D eigenvalue weighted by Crippen LogP contribution is 2.18. The van der Waals surface area contributed by atoms with Gasteiger partial charge in [-0.15, -0.1) is 0 Å². The topological polar surface area (TPSA) is 75.6 Å². The fourth-order valence-electron chi connectivity index (χ4n) is 2.08. The molecule has 1 aromatic rings. The molecule has 5 nitrogen and oxygen atoms in total. The molecular weight excluding hydrogens is 289 g/mol. The van der Waals surface area contributed by atoms with E-state index in [1.807, 2.05) is 13.8 Å². The molecule has 2 N–H and O–H groups in total. The van der Waals surface area contributed by atoms with Gasteiger partial charge in [-0.2, -0.15) is 0 Å². The summed E-state index contributed by atoms with van der Waals surface area (Å²) >= 11 is 0. The van der Waals surface area contributed by atoms with Gasteiger partial charge in [-0.05, 0) is 36.5 Å². The van der Waals surface area contributed by atoms with Gasteiger partial charge in [0.1, 0.15) is 6.04 Å². The van der Waals surface area contributed by atoms with Crippen LogP contribution in [0.1, 0.15) is 32.3 Å². The van der Waals surface area contributed by atoms with Crippen molar-refractivity contribution in [2.75, 3.05) is 7.11 Å². The highest BCUT2D eigenvalue weighted by atomic mass is 19.1. The van der Waals surface area contributed by atoms with Gasteiger partial charge in [-0.3, -0.25) is 4.79 Å². The smallest absolute Gasteiger partial charge is 0.326 e. The number of nitrogens with one attached hydrogen (secondary N) is 1. The fraction of sp³-hybridized carbons (Fsp3) is 0.500. The molecule has 6 heteroatoms. The van der Waals surface area contributed by atoms with E-state index < -0.39 is 17.8 Å². The minimum atomic E-state index is -1.04. The monoisotopic (exact) mass is 311 g/mol. The van der Waals surface area contributed by atoms with Crippen molar-refractivity contribution in [2.24, 2.45) is 5.92 Å². The van der Waals surface area contributed by atoms with Gasteiger partial charge in [-0.25, -0.2) is 9.18 Å². The summed E-state index contributed by atoms with van der Waals surface area (Å²) in [6.45, 7) is 3.78. The maximum atomic E-state index is 13.5. The zero-order valence-electron chi connectivity index (χ0n) is 13.1. The summed E-state index contributed by atoms with van der Waals surface area (Å²) in [6.07, 6.45) is 0.812. The van der Waals surface area contributed by atoms with Crippen molar-refractivity contribution in [2.45, 2.75) is 39.2 Å². The molecular formula is C16H22FNO4. The predicted molar refractivity (Wildman–Crippen MR) is 80.3 cm³/mol. The van der Waals surface area contributed by atoms with Gasteiger partial charge in [0.05, 0.1) is 7.11 Å². The Kier molecular flexibility index (Phi) is 6.82. The van der Waals surface area contributed by atoms with Crippen LogP contribution in [0.3, 0.4) is 0 Å². The van der Waals surface area contributed by atoms with Crippen LogP contribution < -0.4 is 10.1 Å². The van der Waals surface area contributed by atoms with E-state index in [0.29, 0.717) is 18.4 Å². The second kappa shape index (κ2) is 8.36. The standard InChI is InChI=1S/C16H22FNO4/c1-10(2)8-13(16(20)21)18-15(19)7-5-11-4-6-14(22-3)12(17)9-11/h4,6,9-10,13H,5,7-8H2,1-3H3,(H,18,19)(H,20,21)/t13-/m1/s1. The molecule has 0 aromatic heterocycles. The number of methoxy groups -OCH3 is 1. The van der Waals surface area contributed by atoms with Crippen molar-refractivity contribution in [1.29, 1.82) is 0 Å². The van der Waals surface area contributed by atoms with Crippen LogP contribution in [-0.4, -0.2) is 30.1 Å². The number of carboxylic acids is 1. The lowest BCUT2D eigenvalue weighted by Crippen LogP contribution is -2.41. The number of benzene rings is 1. The van der Waals surface area contributed by atoms with Crippen LogP contribution in [0.4, 0.5) is 4.39 Å². The summed E-state index contributed by atoms with van der Waals surface area (Å²) < 4.78 is 18.4. The zero-order valence-corrected chi connectivity index (χ0v) is 13.1. The summed E-state index contributed by atoms with van der Waals surface area (Å²) in [5.41, 5.74) is 0.657. The molecule has 0 unspecified atom stereocenters. The van der Waals surface area contributed by atoms with Crippen LogP contribution in [0.5, 0.6) is 5.75 Å². The molecule has 22 heavy (non-hydrogen) atoms. The lowest BCUT2D eigenvalue weighted by molar-refractivity contribution is -0.142. The number of aryl methyl sites for hydroxylation is 1. The maximum Gasteiger partial charge on any atom is 0.326 e. The fourth-order valence-corrected chi connectivity index (χ4v) is 2.08. The van der Waals surface area contributed by atoms with Crippen LogP contribution in [0.15, 0.2) is 18.2 Å². The molecule has 0 spiro atoms. The molecule has 122 valence electrons. The Morgan fingerprint density at radius 1 is 1.36 bits per heavy atom. The van der Waals surface area contributed by atoms with Gasteiger partial charge in [0.15, 0.2) is 11.6 Å². The quantitative estimate of drug-likeness (QED) is 0.773. The first kappa shape index (κ1) is 17.9. The molecule has 0 saturated heterocycles. The van der Waals surface area contributed by atoms with Crippen LogP contribution >= 0.6 is 0 Å². The number of carbonyl (C=O) groups is 2. The van der Waals surface area contributed by atoms with E-state index >= 15 is 0 Å². The molecule has 0 fully saturated rings. The number of hydrogen-bond acceptors (Lipinski definition) is 3. The first-order chi connectivity index (χ1) is 10.3. The molecule has 0 aliphatic heterocycles. The third-order valence-electron chi connectivity index (χ3n) is 3.20. The normalized spacial score (nSPS) is 12.0. The average molecular weight is 311 g/mol. The SMILES string of the molecule is COc1ccc(CCC(=O)N[C@H](CC(C)C)C(=O)O)cc1F. The minimum absolute atomic E-state index is 0.105. The van der Waals surface area contributed by atoms with Crippen molar-refractivity contribution >= 4 is 11.9 Å².